The summed E-state index contributed by atoms with van der Waals surface area (Å²) in [5, 5.41) is 2.25. The molecule has 104 valence electrons. The Kier molecular flexibility index (Phi) is 11.5. The molecule has 0 aliphatic carbocycles. The zero-order chi connectivity index (χ0) is 13.1. The first-order chi connectivity index (χ1) is 8.13. The summed E-state index contributed by atoms with van der Waals surface area (Å²) < 4.78 is 0. The zero-order valence-corrected chi connectivity index (χ0v) is 15.1. The van der Waals surface area contributed by atoms with Crippen molar-refractivity contribution in [1.29, 1.82) is 0 Å². The second-order valence-corrected chi connectivity index (χ2v) is 6.78. The molecular formula is C15H30Br2. The van der Waals surface area contributed by atoms with Gasteiger partial charge in [-0.25, -0.2) is 0 Å². The van der Waals surface area contributed by atoms with Gasteiger partial charge in [-0.15, -0.1) is 0 Å². The first-order valence-corrected chi connectivity index (χ1v) is 9.49. The molecule has 17 heavy (non-hydrogen) atoms. The number of rotatable bonds is 11. The topological polar surface area (TPSA) is 0 Å². The van der Waals surface area contributed by atoms with Crippen LogP contribution in [0, 0.1) is 11.3 Å². The third kappa shape index (κ3) is 7.20. The van der Waals surface area contributed by atoms with Gasteiger partial charge in [0.05, 0.1) is 0 Å². The van der Waals surface area contributed by atoms with Crippen molar-refractivity contribution in [1.82, 2.24) is 0 Å². The fourth-order valence-corrected chi connectivity index (χ4v) is 4.99. The molecule has 0 fully saturated rings. The van der Waals surface area contributed by atoms with E-state index in [0.717, 1.165) is 16.6 Å². The van der Waals surface area contributed by atoms with Crippen LogP contribution < -0.4 is 0 Å². The van der Waals surface area contributed by atoms with E-state index in [9.17, 15) is 0 Å². The van der Waals surface area contributed by atoms with Crippen LogP contribution in [0.3, 0.4) is 0 Å². The maximum atomic E-state index is 3.71. The van der Waals surface area contributed by atoms with E-state index in [0.29, 0.717) is 5.41 Å². The zero-order valence-electron chi connectivity index (χ0n) is 11.9. The molecule has 0 bridgehead atoms. The maximum Gasteiger partial charge on any atom is 0.00984 e. The molecule has 0 N–H and O–H groups in total. The third-order valence-electron chi connectivity index (χ3n) is 4.04. The molecule has 0 saturated heterocycles. The number of halogens is 2. The Morgan fingerprint density at radius 1 is 0.824 bits per heavy atom. The summed E-state index contributed by atoms with van der Waals surface area (Å²) in [6.45, 7) is 6.98. The minimum absolute atomic E-state index is 0.462. The first kappa shape index (κ1) is 18.0. The van der Waals surface area contributed by atoms with E-state index in [2.05, 4.69) is 52.6 Å². The summed E-state index contributed by atoms with van der Waals surface area (Å²) >= 11 is 7.41. The van der Waals surface area contributed by atoms with E-state index in [1.54, 1.807) is 0 Å². The minimum atomic E-state index is 0.462. The Labute approximate surface area is 126 Å². The van der Waals surface area contributed by atoms with Crippen molar-refractivity contribution in [2.24, 2.45) is 11.3 Å². The number of hydrogen-bond acceptors (Lipinski definition) is 0. The highest BCUT2D eigenvalue weighted by Gasteiger charge is 2.30. The van der Waals surface area contributed by atoms with Gasteiger partial charge in [-0.2, -0.15) is 0 Å². The second kappa shape index (κ2) is 10.8. The maximum absolute atomic E-state index is 3.71. The lowest BCUT2D eigenvalue weighted by molar-refractivity contribution is 0.239. The molecule has 0 unspecified atom stereocenters. The molecule has 0 aromatic heterocycles. The monoisotopic (exact) mass is 368 g/mol. The van der Waals surface area contributed by atoms with E-state index in [1.165, 1.54) is 51.4 Å². The summed E-state index contributed by atoms with van der Waals surface area (Å²) in [5.74, 6) is 0.751. The summed E-state index contributed by atoms with van der Waals surface area (Å²) in [6.07, 6.45) is 11.2. The molecule has 2 heteroatoms. The SMILES string of the molecule is CCCCCCCCCC(CBr)(CBr)C(C)C. The molecular weight excluding hydrogens is 340 g/mol. The van der Waals surface area contributed by atoms with Crippen LogP contribution in [0.4, 0.5) is 0 Å². The van der Waals surface area contributed by atoms with E-state index in [1.807, 2.05) is 0 Å². The van der Waals surface area contributed by atoms with Crippen LogP contribution in [0.25, 0.3) is 0 Å². The van der Waals surface area contributed by atoms with Gasteiger partial charge in [-0.3, -0.25) is 0 Å². The second-order valence-electron chi connectivity index (χ2n) is 5.66. The predicted octanol–water partition coefficient (Wildman–Crippen LogP) is 6.56. The smallest absolute Gasteiger partial charge is 0.00984 e. The van der Waals surface area contributed by atoms with Gasteiger partial charge in [0.1, 0.15) is 0 Å². The molecule has 0 rings (SSSR count). The highest BCUT2D eigenvalue weighted by atomic mass is 79.9. The van der Waals surface area contributed by atoms with Gasteiger partial charge in [0.2, 0.25) is 0 Å². The average molecular weight is 370 g/mol. The van der Waals surface area contributed by atoms with E-state index >= 15 is 0 Å². The van der Waals surface area contributed by atoms with Gasteiger partial charge >= 0.3 is 0 Å². The summed E-state index contributed by atoms with van der Waals surface area (Å²) in [5.41, 5.74) is 0.462. The number of unbranched alkanes of at least 4 members (excludes halogenated alkanes) is 6. The lowest BCUT2D eigenvalue weighted by Crippen LogP contribution is -2.31. The van der Waals surface area contributed by atoms with Gasteiger partial charge < -0.3 is 0 Å². The van der Waals surface area contributed by atoms with Crippen molar-refractivity contribution in [3.8, 4) is 0 Å². The minimum Gasteiger partial charge on any atom is -0.0922 e. The van der Waals surface area contributed by atoms with Crippen molar-refractivity contribution in [3.63, 3.8) is 0 Å². The van der Waals surface area contributed by atoms with Crippen molar-refractivity contribution >= 4 is 31.9 Å². The van der Waals surface area contributed by atoms with Gasteiger partial charge in [-0.1, -0.05) is 97.6 Å². The fraction of sp³-hybridized carbons (Fsp3) is 1.00. The van der Waals surface area contributed by atoms with Crippen molar-refractivity contribution in [2.45, 2.75) is 72.1 Å². The van der Waals surface area contributed by atoms with E-state index in [4.69, 9.17) is 0 Å². The standard InChI is InChI=1S/C15H30Br2/c1-4-5-6-7-8-9-10-11-15(12-16,13-17)14(2)3/h14H,4-13H2,1-3H3. The average Bonchev–Trinajstić information content (AvgIpc) is 2.33. The van der Waals surface area contributed by atoms with Gasteiger partial charge in [0, 0.05) is 10.7 Å². The molecule has 0 saturated carbocycles. The Morgan fingerprint density at radius 2 is 1.29 bits per heavy atom. The summed E-state index contributed by atoms with van der Waals surface area (Å²) in [7, 11) is 0. The highest BCUT2D eigenvalue weighted by molar-refractivity contribution is 9.09. The Hall–Kier alpha value is 0.960. The largest absolute Gasteiger partial charge is 0.0922 e. The molecule has 0 atom stereocenters. The van der Waals surface area contributed by atoms with Gasteiger partial charge in [-0.05, 0) is 17.8 Å². The number of hydrogen-bond donors (Lipinski definition) is 0. The summed E-state index contributed by atoms with van der Waals surface area (Å²) in [4.78, 5) is 0. The Morgan fingerprint density at radius 3 is 1.71 bits per heavy atom. The van der Waals surface area contributed by atoms with E-state index in [-0.39, 0.29) is 0 Å². The van der Waals surface area contributed by atoms with Crippen LogP contribution in [0.15, 0.2) is 0 Å². The molecule has 0 heterocycles. The molecule has 0 aliphatic rings. The van der Waals surface area contributed by atoms with Crippen LogP contribution in [0.5, 0.6) is 0 Å². The van der Waals surface area contributed by atoms with Crippen molar-refractivity contribution in [3.05, 3.63) is 0 Å². The first-order valence-electron chi connectivity index (χ1n) is 7.25. The van der Waals surface area contributed by atoms with E-state index < -0.39 is 0 Å². The normalized spacial score (nSPS) is 12.4. The molecule has 0 spiro atoms. The molecule has 0 nitrogen and oxygen atoms in total. The lowest BCUT2D eigenvalue weighted by atomic mass is 9.77. The van der Waals surface area contributed by atoms with Crippen molar-refractivity contribution < 1.29 is 0 Å². The lowest BCUT2D eigenvalue weighted by Gasteiger charge is -2.34. The summed E-state index contributed by atoms with van der Waals surface area (Å²) in [6, 6.07) is 0. The quantitative estimate of drug-likeness (QED) is 0.285. The molecule has 0 aromatic rings. The third-order valence-corrected chi connectivity index (χ3v) is 6.27. The number of alkyl halides is 2. The van der Waals surface area contributed by atoms with Crippen LogP contribution in [-0.2, 0) is 0 Å². The van der Waals surface area contributed by atoms with Gasteiger partial charge in [0.25, 0.3) is 0 Å². The van der Waals surface area contributed by atoms with Gasteiger partial charge in [0.15, 0.2) is 0 Å². The van der Waals surface area contributed by atoms with Crippen LogP contribution in [-0.4, -0.2) is 10.7 Å². The Balaban J connectivity index is 3.69. The molecule has 0 amide bonds. The molecule has 0 aliphatic heterocycles. The highest BCUT2D eigenvalue weighted by Crippen LogP contribution is 2.37. The fourth-order valence-electron chi connectivity index (χ4n) is 2.20. The Bertz CT molecular complexity index is 162. The predicted molar refractivity (Wildman–Crippen MR) is 87.5 cm³/mol. The van der Waals surface area contributed by atoms with Crippen LogP contribution in [0.2, 0.25) is 0 Å². The molecule has 0 aromatic carbocycles. The van der Waals surface area contributed by atoms with Crippen molar-refractivity contribution in [2.75, 3.05) is 10.7 Å². The molecule has 0 radical (unpaired) electrons. The van der Waals surface area contributed by atoms with Crippen LogP contribution in [0.1, 0.15) is 72.1 Å². The van der Waals surface area contributed by atoms with Crippen LogP contribution >= 0.6 is 31.9 Å².